The van der Waals surface area contributed by atoms with Crippen LogP contribution in [0, 0.1) is 5.82 Å². The van der Waals surface area contributed by atoms with Crippen LogP contribution in [0.3, 0.4) is 0 Å². The van der Waals surface area contributed by atoms with Gasteiger partial charge < -0.3 is 14.1 Å². The lowest BCUT2D eigenvalue weighted by Crippen LogP contribution is -2.29. The van der Waals surface area contributed by atoms with E-state index in [1.807, 2.05) is 0 Å². The van der Waals surface area contributed by atoms with Crippen molar-refractivity contribution in [3.63, 3.8) is 0 Å². The normalized spacial score (nSPS) is 13.4. The summed E-state index contributed by atoms with van der Waals surface area (Å²) in [6, 6.07) is 6.09. The van der Waals surface area contributed by atoms with Crippen LogP contribution in [-0.2, 0) is 4.79 Å². The number of hydrogen-bond donors (Lipinski definition) is 0. The van der Waals surface area contributed by atoms with Gasteiger partial charge in [-0.2, -0.15) is 0 Å². The molecule has 124 valence electrons. The summed E-state index contributed by atoms with van der Waals surface area (Å²) < 4.78 is 24.5. The van der Waals surface area contributed by atoms with Crippen LogP contribution in [0.5, 0.6) is 5.75 Å². The fraction of sp³-hybridized carbons (Fsp3) is 0.400. The average molecular weight is 339 g/mol. The van der Waals surface area contributed by atoms with Gasteiger partial charge in [0.25, 0.3) is 11.1 Å². The third kappa shape index (κ3) is 4.44. The first-order valence-corrected chi connectivity index (χ1v) is 7.89. The van der Waals surface area contributed by atoms with Crippen molar-refractivity contribution in [3.05, 3.63) is 36.0 Å². The lowest BCUT2D eigenvalue weighted by atomic mass is 10.3. The molecule has 0 radical (unpaired) electrons. The highest BCUT2D eigenvalue weighted by molar-refractivity contribution is 8.00. The highest BCUT2D eigenvalue weighted by Crippen LogP contribution is 2.27. The van der Waals surface area contributed by atoms with E-state index in [1.165, 1.54) is 28.8 Å². The van der Waals surface area contributed by atoms with Crippen molar-refractivity contribution in [2.75, 3.05) is 14.1 Å². The van der Waals surface area contributed by atoms with E-state index in [9.17, 15) is 9.18 Å². The summed E-state index contributed by atoms with van der Waals surface area (Å²) in [6.07, 6.45) is -0.603. The molecule has 2 unspecified atom stereocenters. The Morgan fingerprint density at radius 3 is 2.65 bits per heavy atom. The van der Waals surface area contributed by atoms with Crippen molar-refractivity contribution >= 4 is 17.7 Å². The first kappa shape index (κ1) is 17.3. The number of para-hydroxylation sites is 1. The number of halogens is 1. The number of carbonyl (C=O) groups is 1. The molecule has 2 aromatic rings. The molecule has 6 nitrogen and oxygen atoms in total. The Labute approximate surface area is 138 Å². The molecule has 0 aliphatic heterocycles. The summed E-state index contributed by atoms with van der Waals surface area (Å²) in [4.78, 5) is 13.3. The molecule has 1 heterocycles. The third-order valence-corrected chi connectivity index (χ3v) is 3.90. The Bertz CT molecular complexity index is 677. The predicted molar refractivity (Wildman–Crippen MR) is 83.8 cm³/mol. The Morgan fingerprint density at radius 2 is 2.00 bits per heavy atom. The average Bonchev–Trinajstić information content (AvgIpc) is 2.97. The number of nitrogens with zero attached hydrogens (tertiary/aromatic N) is 3. The zero-order valence-electron chi connectivity index (χ0n) is 13.3. The van der Waals surface area contributed by atoms with Crippen LogP contribution in [-0.4, -0.2) is 40.3 Å². The van der Waals surface area contributed by atoms with Gasteiger partial charge in [-0.25, -0.2) is 4.39 Å². The van der Waals surface area contributed by atoms with E-state index >= 15 is 0 Å². The van der Waals surface area contributed by atoms with Gasteiger partial charge in [0.1, 0.15) is 0 Å². The maximum Gasteiger partial charge on any atom is 0.277 e. The molecule has 0 spiro atoms. The largest absolute Gasteiger partial charge is 0.478 e. The highest BCUT2D eigenvalue weighted by Gasteiger charge is 2.22. The molecule has 0 N–H and O–H groups in total. The zero-order chi connectivity index (χ0) is 17.0. The van der Waals surface area contributed by atoms with Gasteiger partial charge in [0.2, 0.25) is 5.91 Å². The SMILES string of the molecule is CC(Sc1nnc(C(C)Oc2ccccc2F)o1)C(=O)N(C)C. The van der Waals surface area contributed by atoms with E-state index in [0.29, 0.717) is 0 Å². The van der Waals surface area contributed by atoms with Crippen LogP contribution in [0.4, 0.5) is 4.39 Å². The molecule has 0 aliphatic rings. The van der Waals surface area contributed by atoms with Crippen LogP contribution in [0.15, 0.2) is 33.9 Å². The molecule has 2 atom stereocenters. The molecule has 0 fully saturated rings. The molecule has 0 bridgehead atoms. The van der Waals surface area contributed by atoms with E-state index in [1.54, 1.807) is 40.1 Å². The highest BCUT2D eigenvalue weighted by atomic mass is 32.2. The van der Waals surface area contributed by atoms with Crippen LogP contribution in [0.1, 0.15) is 25.8 Å². The number of thioether (sulfide) groups is 1. The van der Waals surface area contributed by atoms with E-state index < -0.39 is 11.9 Å². The molecule has 2 rings (SSSR count). The second kappa shape index (κ2) is 7.45. The van der Waals surface area contributed by atoms with E-state index in [4.69, 9.17) is 9.15 Å². The van der Waals surface area contributed by atoms with Crippen LogP contribution in [0.2, 0.25) is 0 Å². The number of rotatable bonds is 6. The minimum absolute atomic E-state index is 0.0506. The Kier molecular flexibility index (Phi) is 5.59. The molecule has 1 aromatic heterocycles. The van der Waals surface area contributed by atoms with Gasteiger partial charge in [0, 0.05) is 14.1 Å². The van der Waals surface area contributed by atoms with Crippen molar-refractivity contribution < 1.29 is 18.3 Å². The van der Waals surface area contributed by atoms with Gasteiger partial charge in [-0.15, -0.1) is 10.2 Å². The number of hydrogen-bond acceptors (Lipinski definition) is 6. The first-order chi connectivity index (χ1) is 10.9. The second-order valence-electron chi connectivity index (χ2n) is 5.09. The van der Waals surface area contributed by atoms with Crippen LogP contribution >= 0.6 is 11.8 Å². The summed E-state index contributed by atoms with van der Waals surface area (Å²) >= 11 is 1.17. The Balaban J connectivity index is 2.01. The standard InChI is InChI=1S/C15H18FN3O3S/c1-9(21-12-8-6-5-7-11(12)16)13-17-18-15(22-13)23-10(2)14(20)19(3)4/h5-10H,1-4H3. The smallest absolute Gasteiger partial charge is 0.277 e. The molecule has 23 heavy (non-hydrogen) atoms. The van der Waals surface area contributed by atoms with Crippen LogP contribution < -0.4 is 4.74 Å². The third-order valence-electron chi connectivity index (χ3n) is 2.98. The van der Waals surface area contributed by atoms with Gasteiger partial charge in [0.15, 0.2) is 17.7 Å². The maximum absolute atomic E-state index is 13.6. The number of ether oxygens (including phenoxy) is 1. The van der Waals surface area contributed by atoms with Crippen LogP contribution in [0.25, 0.3) is 0 Å². The molecular weight excluding hydrogens is 321 g/mol. The first-order valence-electron chi connectivity index (χ1n) is 7.01. The van der Waals surface area contributed by atoms with Gasteiger partial charge >= 0.3 is 0 Å². The van der Waals surface area contributed by atoms with Gasteiger partial charge in [0.05, 0.1) is 5.25 Å². The molecular formula is C15H18FN3O3S. The van der Waals surface area contributed by atoms with E-state index in [0.717, 1.165) is 0 Å². The summed E-state index contributed by atoms with van der Waals surface area (Å²) in [6.45, 7) is 3.44. The fourth-order valence-electron chi connectivity index (χ4n) is 1.78. The van der Waals surface area contributed by atoms with Crippen molar-refractivity contribution in [2.24, 2.45) is 0 Å². The number of aromatic nitrogens is 2. The maximum atomic E-state index is 13.6. The summed E-state index contributed by atoms with van der Waals surface area (Å²) in [7, 11) is 3.37. The topological polar surface area (TPSA) is 68.5 Å². The molecule has 1 amide bonds. The lowest BCUT2D eigenvalue weighted by Gasteiger charge is -2.14. The number of benzene rings is 1. The summed E-state index contributed by atoms with van der Waals surface area (Å²) in [5.41, 5.74) is 0. The van der Waals surface area contributed by atoms with Gasteiger partial charge in [-0.05, 0) is 26.0 Å². The van der Waals surface area contributed by atoms with E-state index in [2.05, 4.69) is 10.2 Å². The number of carbonyl (C=O) groups excluding carboxylic acids is 1. The van der Waals surface area contributed by atoms with E-state index in [-0.39, 0.29) is 28.0 Å². The van der Waals surface area contributed by atoms with Gasteiger partial charge in [-0.1, -0.05) is 23.9 Å². The predicted octanol–water partition coefficient (Wildman–Crippen LogP) is 2.92. The quantitative estimate of drug-likeness (QED) is 0.754. The zero-order valence-corrected chi connectivity index (χ0v) is 14.1. The number of amides is 1. The summed E-state index contributed by atoms with van der Waals surface area (Å²) in [5.74, 6) is -0.173. The molecule has 0 saturated carbocycles. The molecule has 8 heteroatoms. The fourth-order valence-corrected chi connectivity index (χ4v) is 2.61. The Morgan fingerprint density at radius 1 is 1.30 bits per heavy atom. The molecule has 1 aromatic carbocycles. The van der Waals surface area contributed by atoms with Crippen molar-refractivity contribution in [3.8, 4) is 5.75 Å². The second-order valence-corrected chi connectivity index (χ2v) is 6.38. The molecule has 0 saturated heterocycles. The minimum atomic E-state index is -0.603. The van der Waals surface area contributed by atoms with Gasteiger partial charge in [-0.3, -0.25) is 4.79 Å². The van der Waals surface area contributed by atoms with Crippen molar-refractivity contribution in [1.82, 2.24) is 15.1 Å². The summed E-state index contributed by atoms with van der Waals surface area (Å²) in [5, 5.41) is 7.70. The molecule has 0 aliphatic carbocycles. The monoisotopic (exact) mass is 339 g/mol. The lowest BCUT2D eigenvalue weighted by molar-refractivity contribution is -0.127. The Hall–Kier alpha value is -2.09. The van der Waals surface area contributed by atoms with Crippen molar-refractivity contribution in [2.45, 2.75) is 30.4 Å². The van der Waals surface area contributed by atoms with Crippen molar-refractivity contribution in [1.29, 1.82) is 0 Å². The minimum Gasteiger partial charge on any atom is -0.478 e.